The molecule has 5 aromatic carbocycles. The minimum atomic E-state index is -0.0740. The zero-order chi connectivity index (χ0) is 30.1. The highest BCUT2D eigenvalue weighted by molar-refractivity contribution is 5.86. The van der Waals surface area contributed by atoms with Gasteiger partial charge in [-0.1, -0.05) is 74.5 Å². The van der Waals surface area contributed by atoms with E-state index in [9.17, 15) is 0 Å². The lowest BCUT2D eigenvalue weighted by Gasteiger charge is -2.22. The molecule has 1 aliphatic carbocycles. The van der Waals surface area contributed by atoms with Crippen LogP contribution in [0.4, 0.5) is 0 Å². The van der Waals surface area contributed by atoms with Crippen molar-refractivity contribution in [3.05, 3.63) is 139 Å². The summed E-state index contributed by atoms with van der Waals surface area (Å²) in [4.78, 5) is 14.3. The zero-order valence-corrected chi connectivity index (χ0v) is 24.8. The molecular formula is C40H27N3O2. The van der Waals surface area contributed by atoms with Crippen molar-refractivity contribution in [1.82, 2.24) is 15.0 Å². The van der Waals surface area contributed by atoms with Crippen LogP contribution in [0, 0.1) is 0 Å². The first-order valence-electron chi connectivity index (χ1n) is 15.1. The van der Waals surface area contributed by atoms with E-state index in [0.29, 0.717) is 11.8 Å². The topological polar surface area (TPSA) is 65.0 Å². The molecule has 5 nitrogen and oxygen atoms in total. The van der Waals surface area contributed by atoms with Crippen LogP contribution in [0.2, 0.25) is 0 Å². The molecule has 1 aliphatic rings. The van der Waals surface area contributed by atoms with Gasteiger partial charge in [-0.3, -0.25) is 4.98 Å². The molecule has 0 unspecified atom stereocenters. The van der Waals surface area contributed by atoms with Crippen LogP contribution in [0.3, 0.4) is 0 Å². The molecule has 0 atom stereocenters. The fourth-order valence-electron chi connectivity index (χ4n) is 6.67. The molecular weight excluding hydrogens is 554 g/mol. The van der Waals surface area contributed by atoms with E-state index in [4.69, 9.17) is 23.8 Å². The third kappa shape index (κ3) is 4.12. The molecule has 3 aromatic heterocycles. The van der Waals surface area contributed by atoms with E-state index < -0.39 is 0 Å². The summed E-state index contributed by atoms with van der Waals surface area (Å²) in [5.41, 5.74) is 14.2. The van der Waals surface area contributed by atoms with Crippen LogP contribution in [0.15, 0.2) is 136 Å². The van der Waals surface area contributed by atoms with Crippen LogP contribution in [-0.4, -0.2) is 15.0 Å². The minimum absolute atomic E-state index is 0.0740. The van der Waals surface area contributed by atoms with Gasteiger partial charge in [0, 0.05) is 40.1 Å². The number of para-hydroxylation sites is 4. The van der Waals surface area contributed by atoms with Crippen LogP contribution >= 0.6 is 0 Å². The SMILES string of the molecule is CC1(C)c2ccccc2-c2ccc(-c3cncc(-c4cc(-c5nc6ccccc6o5)cc(-c5nc6ccccc6o5)c4)c3)cc21. The lowest BCUT2D eigenvalue weighted by atomic mass is 9.81. The molecule has 0 radical (unpaired) electrons. The molecule has 0 spiro atoms. The van der Waals surface area contributed by atoms with E-state index in [-0.39, 0.29) is 5.41 Å². The Morgan fingerprint density at radius 3 is 1.67 bits per heavy atom. The van der Waals surface area contributed by atoms with Gasteiger partial charge in [-0.25, -0.2) is 9.97 Å². The lowest BCUT2D eigenvalue weighted by Crippen LogP contribution is -2.14. The molecule has 9 rings (SSSR count). The van der Waals surface area contributed by atoms with Gasteiger partial charge in [-0.2, -0.15) is 0 Å². The zero-order valence-electron chi connectivity index (χ0n) is 24.8. The maximum Gasteiger partial charge on any atom is 0.227 e. The van der Waals surface area contributed by atoms with Gasteiger partial charge in [-0.15, -0.1) is 0 Å². The van der Waals surface area contributed by atoms with Crippen molar-refractivity contribution < 1.29 is 8.83 Å². The quantitative estimate of drug-likeness (QED) is 0.207. The number of hydrogen-bond acceptors (Lipinski definition) is 5. The second-order valence-corrected chi connectivity index (χ2v) is 12.2. The van der Waals surface area contributed by atoms with E-state index in [1.165, 1.54) is 22.3 Å². The number of fused-ring (bicyclic) bond motifs is 5. The maximum absolute atomic E-state index is 6.20. The summed E-state index contributed by atoms with van der Waals surface area (Å²) in [6.07, 6.45) is 3.84. The average Bonchev–Trinajstić information content (AvgIpc) is 3.78. The fourth-order valence-corrected chi connectivity index (χ4v) is 6.67. The predicted molar refractivity (Wildman–Crippen MR) is 179 cm³/mol. The number of pyridine rings is 1. The van der Waals surface area contributed by atoms with Gasteiger partial charge < -0.3 is 8.83 Å². The van der Waals surface area contributed by atoms with E-state index in [2.05, 4.69) is 74.5 Å². The molecule has 0 bridgehead atoms. The Labute approximate surface area is 259 Å². The summed E-state index contributed by atoms with van der Waals surface area (Å²) >= 11 is 0. The van der Waals surface area contributed by atoms with Crippen LogP contribution < -0.4 is 0 Å². The summed E-state index contributed by atoms with van der Waals surface area (Å²) in [7, 11) is 0. The Bertz CT molecular complexity index is 2270. The number of nitrogens with zero attached hydrogens (tertiary/aromatic N) is 3. The Hall–Kier alpha value is -5.81. The van der Waals surface area contributed by atoms with E-state index >= 15 is 0 Å². The van der Waals surface area contributed by atoms with Crippen LogP contribution in [0.25, 0.3) is 78.5 Å². The minimum Gasteiger partial charge on any atom is -0.436 e. The van der Waals surface area contributed by atoms with Gasteiger partial charge in [0.05, 0.1) is 0 Å². The third-order valence-corrected chi connectivity index (χ3v) is 9.00. The molecule has 0 N–H and O–H groups in total. The highest BCUT2D eigenvalue weighted by atomic mass is 16.4. The van der Waals surface area contributed by atoms with Gasteiger partial charge in [0.15, 0.2) is 11.2 Å². The molecule has 0 saturated carbocycles. The second-order valence-electron chi connectivity index (χ2n) is 12.2. The summed E-state index contributed by atoms with van der Waals surface area (Å²) in [6, 6.07) is 39.5. The second kappa shape index (κ2) is 9.60. The van der Waals surface area contributed by atoms with Crippen LogP contribution in [0.5, 0.6) is 0 Å². The maximum atomic E-state index is 6.20. The number of benzene rings is 5. The smallest absolute Gasteiger partial charge is 0.227 e. The van der Waals surface area contributed by atoms with E-state index in [1.54, 1.807) is 0 Å². The number of hydrogen-bond donors (Lipinski definition) is 0. The molecule has 214 valence electrons. The molecule has 3 heterocycles. The first-order chi connectivity index (χ1) is 22.0. The Morgan fingerprint density at radius 2 is 1.00 bits per heavy atom. The molecule has 0 amide bonds. The average molecular weight is 582 g/mol. The number of rotatable bonds is 4. The van der Waals surface area contributed by atoms with Crippen molar-refractivity contribution >= 4 is 22.2 Å². The standard InChI is InChI=1S/C40H27N3O2/c1-40(2)32-10-4-3-9-30(32)31-16-15-24(21-33(31)40)28-20-29(23-41-22-28)25-17-26(38-42-34-11-5-7-13-36(34)44-38)19-27(18-25)39-43-35-12-6-8-14-37(35)45-39/h3-23H,1-2H3. The Kier molecular flexibility index (Phi) is 5.47. The largest absolute Gasteiger partial charge is 0.436 e. The van der Waals surface area contributed by atoms with Crippen LogP contribution in [0.1, 0.15) is 25.0 Å². The van der Waals surface area contributed by atoms with Crippen molar-refractivity contribution in [2.24, 2.45) is 0 Å². The molecule has 0 aliphatic heterocycles. The normalized spacial score (nSPS) is 13.3. The Morgan fingerprint density at radius 1 is 0.467 bits per heavy atom. The first-order valence-corrected chi connectivity index (χ1v) is 15.1. The summed E-state index contributed by atoms with van der Waals surface area (Å²) in [5, 5.41) is 0. The van der Waals surface area contributed by atoms with E-state index in [0.717, 1.165) is 55.6 Å². The molecule has 0 fully saturated rings. The lowest BCUT2D eigenvalue weighted by molar-refractivity contribution is 0.617. The predicted octanol–water partition coefficient (Wildman–Crippen LogP) is 10.3. The van der Waals surface area contributed by atoms with Crippen molar-refractivity contribution in [1.29, 1.82) is 0 Å². The van der Waals surface area contributed by atoms with Crippen molar-refractivity contribution in [3.8, 4) is 56.3 Å². The molecule has 0 saturated heterocycles. The summed E-state index contributed by atoms with van der Waals surface area (Å²) in [6.45, 7) is 4.61. The molecule has 8 aromatic rings. The molecule has 45 heavy (non-hydrogen) atoms. The molecule has 5 heteroatoms. The first kappa shape index (κ1) is 25.7. The monoisotopic (exact) mass is 581 g/mol. The van der Waals surface area contributed by atoms with Gasteiger partial charge in [-0.05, 0) is 88.0 Å². The summed E-state index contributed by atoms with van der Waals surface area (Å²) < 4.78 is 12.4. The fraction of sp³-hybridized carbons (Fsp3) is 0.0750. The van der Waals surface area contributed by atoms with Crippen molar-refractivity contribution in [2.45, 2.75) is 19.3 Å². The van der Waals surface area contributed by atoms with Gasteiger partial charge in [0.25, 0.3) is 0 Å². The van der Waals surface area contributed by atoms with Gasteiger partial charge in [0.1, 0.15) is 11.0 Å². The number of aromatic nitrogens is 3. The number of oxazole rings is 2. The van der Waals surface area contributed by atoms with E-state index in [1.807, 2.05) is 67.0 Å². The van der Waals surface area contributed by atoms with Crippen molar-refractivity contribution in [3.63, 3.8) is 0 Å². The Balaban J connectivity index is 1.18. The highest BCUT2D eigenvalue weighted by Crippen LogP contribution is 2.49. The summed E-state index contributed by atoms with van der Waals surface area (Å²) in [5.74, 6) is 1.08. The van der Waals surface area contributed by atoms with Gasteiger partial charge >= 0.3 is 0 Å². The van der Waals surface area contributed by atoms with Gasteiger partial charge in [0.2, 0.25) is 11.8 Å². The highest BCUT2D eigenvalue weighted by Gasteiger charge is 2.35. The van der Waals surface area contributed by atoms with Crippen molar-refractivity contribution in [2.75, 3.05) is 0 Å². The third-order valence-electron chi connectivity index (χ3n) is 9.00. The van der Waals surface area contributed by atoms with Crippen LogP contribution in [-0.2, 0) is 5.41 Å².